The summed E-state index contributed by atoms with van der Waals surface area (Å²) in [6, 6.07) is 10.1. The van der Waals surface area contributed by atoms with E-state index in [-0.39, 0.29) is 12.5 Å². The summed E-state index contributed by atoms with van der Waals surface area (Å²) in [5.74, 6) is 0.793. The third kappa shape index (κ3) is 4.06. The molecule has 29 heavy (non-hydrogen) atoms. The van der Waals surface area contributed by atoms with Gasteiger partial charge in [0, 0.05) is 44.5 Å². The van der Waals surface area contributed by atoms with Gasteiger partial charge >= 0.3 is 0 Å². The first-order chi connectivity index (χ1) is 14.2. The summed E-state index contributed by atoms with van der Waals surface area (Å²) in [7, 11) is 1.85. The van der Waals surface area contributed by atoms with Crippen LogP contribution in [0.3, 0.4) is 0 Å². The second-order valence-electron chi connectivity index (χ2n) is 7.00. The van der Waals surface area contributed by atoms with E-state index in [0.717, 1.165) is 34.7 Å². The molecule has 0 radical (unpaired) electrons. The van der Waals surface area contributed by atoms with Crippen LogP contribution in [-0.4, -0.2) is 57.7 Å². The molecular formula is C21H25N7O. The zero-order valence-corrected chi connectivity index (χ0v) is 16.7. The molecule has 0 aliphatic carbocycles. The van der Waals surface area contributed by atoms with Crippen molar-refractivity contribution in [2.75, 3.05) is 31.1 Å². The minimum atomic E-state index is 0.0432. The number of piperazine rings is 1. The molecule has 0 unspecified atom stereocenters. The van der Waals surface area contributed by atoms with E-state index in [4.69, 9.17) is 4.99 Å². The fourth-order valence-electron chi connectivity index (χ4n) is 3.56. The first-order valence-corrected chi connectivity index (χ1v) is 9.80. The lowest BCUT2D eigenvalue weighted by molar-refractivity contribution is -0.120. The number of hydrogen-bond acceptors (Lipinski definition) is 4. The van der Waals surface area contributed by atoms with Gasteiger partial charge in [-0.25, -0.2) is 4.99 Å². The number of hydrogen-bond donors (Lipinski definition) is 1. The molecule has 1 aromatic carbocycles. The van der Waals surface area contributed by atoms with Crippen molar-refractivity contribution in [3.8, 4) is 0 Å². The van der Waals surface area contributed by atoms with Crippen LogP contribution in [0.1, 0.15) is 12.5 Å². The van der Waals surface area contributed by atoms with Gasteiger partial charge in [0.05, 0.1) is 23.9 Å². The van der Waals surface area contributed by atoms with E-state index in [2.05, 4.69) is 27.5 Å². The predicted octanol–water partition coefficient (Wildman–Crippen LogP) is 1.78. The number of carbonyl (C=O) groups excluding carboxylic acids is 1. The van der Waals surface area contributed by atoms with Crippen molar-refractivity contribution in [1.82, 2.24) is 25.0 Å². The second-order valence-corrected chi connectivity index (χ2v) is 7.00. The largest absolute Gasteiger partial charge is 0.356 e. The van der Waals surface area contributed by atoms with Crippen molar-refractivity contribution in [1.29, 1.82) is 0 Å². The van der Waals surface area contributed by atoms with Crippen LogP contribution >= 0.6 is 0 Å². The minimum Gasteiger partial charge on any atom is -0.356 e. The fourth-order valence-corrected chi connectivity index (χ4v) is 3.56. The molecule has 1 aliphatic rings. The van der Waals surface area contributed by atoms with Crippen LogP contribution in [-0.2, 0) is 18.4 Å². The zero-order valence-electron chi connectivity index (χ0n) is 16.7. The number of rotatable bonds is 4. The summed E-state index contributed by atoms with van der Waals surface area (Å²) in [5, 5.41) is 8.59. The Bertz CT molecular complexity index is 1040. The summed E-state index contributed by atoms with van der Waals surface area (Å²) in [6.45, 7) is 4.87. The number of anilines is 1. The standard InChI is InChI=1S/C21H25N7O/c1-3-22-21(24-12-17-7-4-6-16-8-5-9-23-20(16)17)27-10-11-28(19(29)15-27)18-13-25-26(2)14-18/h4-9,13-14H,3,10-12,15H2,1-2H3,(H,22,24). The van der Waals surface area contributed by atoms with E-state index < -0.39 is 0 Å². The summed E-state index contributed by atoms with van der Waals surface area (Å²) < 4.78 is 1.71. The minimum absolute atomic E-state index is 0.0432. The molecule has 0 atom stereocenters. The van der Waals surface area contributed by atoms with E-state index in [1.807, 2.05) is 43.3 Å². The van der Waals surface area contributed by atoms with Gasteiger partial charge in [0.25, 0.3) is 0 Å². The molecule has 0 bridgehead atoms. The lowest BCUT2D eigenvalue weighted by Gasteiger charge is -2.35. The molecular weight excluding hydrogens is 366 g/mol. The van der Waals surface area contributed by atoms with Crippen LogP contribution in [0.25, 0.3) is 10.9 Å². The van der Waals surface area contributed by atoms with Gasteiger partial charge in [-0.05, 0) is 18.6 Å². The number of aliphatic imine (C=N–C) groups is 1. The fraction of sp³-hybridized carbons (Fsp3) is 0.333. The van der Waals surface area contributed by atoms with Crippen LogP contribution in [0.5, 0.6) is 0 Å². The lowest BCUT2D eigenvalue weighted by atomic mass is 10.1. The normalized spacial score (nSPS) is 15.2. The van der Waals surface area contributed by atoms with Crippen LogP contribution in [0.15, 0.2) is 53.9 Å². The molecule has 1 aliphatic heterocycles. The number of nitrogens with zero attached hydrogens (tertiary/aromatic N) is 6. The summed E-state index contributed by atoms with van der Waals surface area (Å²) in [6.07, 6.45) is 5.39. The van der Waals surface area contributed by atoms with Gasteiger partial charge < -0.3 is 15.1 Å². The number of amides is 1. The van der Waals surface area contributed by atoms with Gasteiger partial charge in [-0.15, -0.1) is 0 Å². The number of pyridine rings is 1. The number of benzene rings is 1. The van der Waals surface area contributed by atoms with Gasteiger partial charge in [-0.2, -0.15) is 5.10 Å². The number of para-hydroxylation sites is 1. The van der Waals surface area contributed by atoms with Crippen molar-refractivity contribution in [3.05, 3.63) is 54.5 Å². The lowest BCUT2D eigenvalue weighted by Crippen LogP contribution is -2.55. The van der Waals surface area contributed by atoms with Gasteiger partial charge in [0.15, 0.2) is 5.96 Å². The van der Waals surface area contributed by atoms with Crippen LogP contribution in [0.4, 0.5) is 5.69 Å². The Morgan fingerprint density at radius 1 is 1.24 bits per heavy atom. The Labute approximate surface area is 169 Å². The Morgan fingerprint density at radius 2 is 2.10 bits per heavy atom. The van der Waals surface area contributed by atoms with Crippen molar-refractivity contribution in [2.24, 2.45) is 12.0 Å². The van der Waals surface area contributed by atoms with E-state index in [0.29, 0.717) is 19.6 Å². The van der Waals surface area contributed by atoms with Gasteiger partial charge in [-0.3, -0.25) is 14.5 Å². The molecule has 0 saturated carbocycles. The number of guanidine groups is 1. The average molecular weight is 391 g/mol. The van der Waals surface area contributed by atoms with E-state index in [1.165, 1.54) is 0 Å². The van der Waals surface area contributed by atoms with Crippen LogP contribution in [0.2, 0.25) is 0 Å². The highest BCUT2D eigenvalue weighted by Gasteiger charge is 2.27. The summed E-state index contributed by atoms with van der Waals surface area (Å²) in [4.78, 5) is 25.8. The van der Waals surface area contributed by atoms with Crippen LogP contribution < -0.4 is 10.2 Å². The molecule has 150 valence electrons. The molecule has 8 heteroatoms. The topological polar surface area (TPSA) is 78.7 Å². The average Bonchev–Trinajstić information content (AvgIpc) is 3.17. The van der Waals surface area contributed by atoms with E-state index >= 15 is 0 Å². The summed E-state index contributed by atoms with van der Waals surface area (Å²) >= 11 is 0. The highest BCUT2D eigenvalue weighted by molar-refractivity contribution is 5.98. The van der Waals surface area contributed by atoms with Gasteiger partial charge in [0.2, 0.25) is 5.91 Å². The highest BCUT2D eigenvalue weighted by atomic mass is 16.2. The van der Waals surface area contributed by atoms with Crippen molar-refractivity contribution < 1.29 is 4.79 Å². The maximum absolute atomic E-state index is 12.7. The number of aromatic nitrogens is 3. The Morgan fingerprint density at radius 3 is 2.86 bits per heavy atom. The van der Waals surface area contributed by atoms with Crippen molar-refractivity contribution in [3.63, 3.8) is 0 Å². The molecule has 1 amide bonds. The third-order valence-electron chi connectivity index (χ3n) is 4.97. The number of carbonyl (C=O) groups is 1. The van der Waals surface area contributed by atoms with Crippen molar-refractivity contribution in [2.45, 2.75) is 13.5 Å². The van der Waals surface area contributed by atoms with Gasteiger partial charge in [-0.1, -0.05) is 24.3 Å². The number of nitrogens with one attached hydrogen (secondary N) is 1. The van der Waals surface area contributed by atoms with E-state index in [1.54, 1.807) is 22.0 Å². The third-order valence-corrected chi connectivity index (χ3v) is 4.97. The van der Waals surface area contributed by atoms with E-state index in [9.17, 15) is 4.79 Å². The van der Waals surface area contributed by atoms with Crippen molar-refractivity contribution >= 4 is 28.5 Å². The SMILES string of the molecule is CCNC(=NCc1cccc2cccnc12)N1CCN(c2cnn(C)c2)C(=O)C1. The Hall–Kier alpha value is -3.42. The maximum atomic E-state index is 12.7. The maximum Gasteiger partial charge on any atom is 0.246 e. The molecule has 1 fully saturated rings. The highest BCUT2D eigenvalue weighted by Crippen LogP contribution is 2.18. The zero-order chi connectivity index (χ0) is 20.2. The predicted molar refractivity (Wildman–Crippen MR) is 114 cm³/mol. The first-order valence-electron chi connectivity index (χ1n) is 9.80. The van der Waals surface area contributed by atoms with Crippen LogP contribution in [0, 0.1) is 0 Å². The number of aryl methyl sites for hydroxylation is 1. The summed E-state index contributed by atoms with van der Waals surface area (Å²) in [5.41, 5.74) is 2.87. The van der Waals surface area contributed by atoms with Gasteiger partial charge in [0.1, 0.15) is 6.54 Å². The molecule has 1 saturated heterocycles. The molecule has 8 nitrogen and oxygen atoms in total. The molecule has 4 rings (SSSR count). The Balaban J connectivity index is 1.51. The molecule has 2 aromatic heterocycles. The smallest absolute Gasteiger partial charge is 0.246 e. The monoisotopic (exact) mass is 391 g/mol. The molecule has 3 heterocycles. The molecule has 1 N–H and O–H groups in total. The quantitative estimate of drug-likeness (QED) is 0.542. The second kappa shape index (κ2) is 8.30. The number of fused-ring (bicyclic) bond motifs is 1. The molecule has 3 aromatic rings. The molecule has 0 spiro atoms. The first kappa shape index (κ1) is 18.9. The Kier molecular flexibility index (Phi) is 5.41.